The fourth-order valence-electron chi connectivity index (χ4n) is 0.848. The quantitative estimate of drug-likeness (QED) is 0.771. The second-order valence-corrected chi connectivity index (χ2v) is 3.98. The van der Waals surface area contributed by atoms with Gasteiger partial charge in [0.1, 0.15) is 16.5 Å². The van der Waals surface area contributed by atoms with Gasteiger partial charge in [-0.25, -0.2) is 17.2 Å². The van der Waals surface area contributed by atoms with Crippen molar-refractivity contribution in [3.8, 4) is 0 Å². The third-order valence-corrected chi connectivity index (χ3v) is 2.67. The standard InChI is InChI=1S/C7H7F2NO3S/c1-13-10-14(11,12)7-3-2-5(8)4-6(7)9/h2-4,10H,1H3. The zero-order valence-corrected chi connectivity index (χ0v) is 7.94. The Morgan fingerprint density at radius 3 is 2.50 bits per heavy atom. The van der Waals surface area contributed by atoms with Gasteiger partial charge < -0.3 is 0 Å². The van der Waals surface area contributed by atoms with E-state index in [1.54, 1.807) is 4.89 Å². The molecule has 0 aliphatic heterocycles. The Labute approximate surface area is 79.5 Å². The summed E-state index contributed by atoms with van der Waals surface area (Å²) in [6.07, 6.45) is 0. The molecule has 4 nitrogen and oxygen atoms in total. The van der Waals surface area contributed by atoms with E-state index in [1.165, 1.54) is 0 Å². The molecule has 0 bridgehead atoms. The predicted molar refractivity (Wildman–Crippen MR) is 43.7 cm³/mol. The molecule has 14 heavy (non-hydrogen) atoms. The van der Waals surface area contributed by atoms with Crippen molar-refractivity contribution >= 4 is 10.0 Å². The van der Waals surface area contributed by atoms with Gasteiger partial charge in [-0.3, -0.25) is 4.84 Å². The molecule has 0 unspecified atom stereocenters. The molecule has 1 rings (SSSR count). The fourth-order valence-corrected chi connectivity index (χ4v) is 1.72. The number of sulfonamides is 1. The molecule has 7 heteroatoms. The molecular weight excluding hydrogens is 216 g/mol. The maximum atomic E-state index is 13.0. The minimum absolute atomic E-state index is 0.476. The second-order valence-electron chi connectivity index (χ2n) is 2.37. The first-order valence-corrected chi connectivity index (χ1v) is 4.95. The SMILES string of the molecule is CONS(=O)(=O)c1ccc(F)cc1F. The van der Waals surface area contributed by atoms with Gasteiger partial charge in [0.05, 0.1) is 7.11 Å². The van der Waals surface area contributed by atoms with E-state index in [-0.39, 0.29) is 0 Å². The predicted octanol–water partition coefficient (Wildman–Crippen LogP) is 0.804. The zero-order chi connectivity index (χ0) is 10.8. The number of hydrogen-bond acceptors (Lipinski definition) is 3. The number of nitrogens with one attached hydrogen (secondary N) is 1. The van der Waals surface area contributed by atoms with Crippen LogP contribution in [0.1, 0.15) is 0 Å². The van der Waals surface area contributed by atoms with Crippen LogP contribution in [-0.4, -0.2) is 15.5 Å². The molecule has 0 atom stereocenters. The number of hydrogen-bond donors (Lipinski definition) is 1. The maximum Gasteiger partial charge on any atom is 0.265 e. The van der Waals surface area contributed by atoms with Crippen molar-refractivity contribution in [2.75, 3.05) is 7.11 Å². The molecule has 0 fully saturated rings. The summed E-state index contributed by atoms with van der Waals surface area (Å²) in [7, 11) is -3.00. The van der Waals surface area contributed by atoms with Crippen molar-refractivity contribution in [1.82, 2.24) is 4.89 Å². The lowest BCUT2D eigenvalue weighted by atomic mass is 10.3. The van der Waals surface area contributed by atoms with Crippen LogP contribution in [0.2, 0.25) is 0 Å². The Balaban J connectivity index is 3.20. The van der Waals surface area contributed by atoms with E-state index in [4.69, 9.17) is 0 Å². The van der Waals surface area contributed by atoms with Crippen molar-refractivity contribution in [2.24, 2.45) is 0 Å². The largest absolute Gasteiger partial charge is 0.290 e. The van der Waals surface area contributed by atoms with Crippen LogP contribution >= 0.6 is 0 Å². The summed E-state index contributed by atoms with van der Waals surface area (Å²) in [5, 5.41) is 0. The van der Waals surface area contributed by atoms with Gasteiger partial charge in [0, 0.05) is 6.07 Å². The van der Waals surface area contributed by atoms with Crippen LogP contribution in [-0.2, 0) is 14.9 Å². The highest BCUT2D eigenvalue weighted by Gasteiger charge is 2.18. The number of benzene rings is 1. The average molecular weight is 223 g/mol. The van der Waals surface area contributed by atoms with Crippen molar-refractivity contribution < 1.29 is 22.0 Å². The fraction of sp³-hybridized carbons (Fsp3) is 0.143. The van der Waals surface area contributed by atoms with Gasteiger partial charge >= 0.3 is 0 Å². The van der Waals surface area contributed by atoms with E-state index in [0.717, 1.165) is 19.2 Å². The highest BCUT2D eigenvalue weighted by Crippen LogP contribution is 2.14. The Morgan fingerprint density at radius 1 is 1.36 bits per heavy atom. The molecule has 0 aliphatic carbocycles. The molecule has 0 amide bonds. The van der Waals surface area contributed by atoms with Crippen LogP contribution in [0.5, 0.6) is 0 Å². The maximum absolute atomic E-state index is 13.0. The van der Waals surface area contributed by atoms with E-state index in [0.29, 0.717) is 6.07 Å². The molecule has 0 aliphatic rings. The van der Waals surface area contributed by atoms with Gasteiger partial charge in [-0.1, -0.05) is 4.89 Å². The van der Waals surface area contributed by atoms with Crippen molar-refractivity contribution in [2.45, 2.75) is 4.90 Å². The third kappa shape index (κ3) is 2.25. The molecule has 0 radical (unpaired) electrons. The van der Waals surface area contributed by atoms with Gasteiger partial charge in [0.15, 0.2) is 0 Å². The molecule has 1 N–H and O–H groups in total. The Morgan fingerprint density at radius 2 is 2.00 bits per heavy atom. The Bertz CT molecular complexity index is 433. The molecule has 78 valence electrons. The Hall–Kier alpha value is -1.05. The summed E-state index contributed by atoms with van der Waals surface area (Å²) < 4.78 is 47.7. The summed E-state index contributed by atoms with van der Waals surface area (Å²) in [6, 6.07) is 2.13. The summed E-state index contributed by atoms with van der Waals surface area (Å²) in [5.74, 6) is -2.02. The van der Waals surface area contributed by atoms with Crippen LogP contribution in [0.3, 0.4) is 0 Å². The molecule has 1 aromatic carbocycles. The van der Waals surface area contributed by atoms with Crippen LogP contribution in [0.15, 0.2) is 23.1 Å². The van der Waals surface area contributed by atoms with Crippen molar-refractivity contribution in [1.29, 1.82) is 0 Å². The first kappa shape index (κ1) is 11.0. The van der Waals surface area contributed by atoms with Crippen LogP contribution in [0.25, 0.3) is 0 Å². The van der Waals surface area contributed by atoms with Crippen LogP contribution in [0.4, 0.5) is 8.78 Å². The van der Waals surface area contributed by atoms with Gasteiger partial charge in [0.25, 0.3) is 10.0 Å². The molecule has 0 spiro atoms. The van der Waals surface area contributed by atoms with E-state index in [9.17, 15) is 17.2 Å². The highest BCUT2D eigenvalue weighted by atomic mass is 32.2. The van der Waals surface area contributed by atoms with E-state index in [1.807, 2.05) is 0 Å². The summed E-state index contributed by atoms with van der Waals surface area (Å²) in [4.78, 5) is 5.09. The molecule has 0 heterocycles. The number of halogens is 2. The second kappa shape index (κ2) is 3.99. The van der Waals surface area contributed by atoms with Crippen molar-refractivity contribution in [3.05, 3.63) is 29.8 Å². The first-order chi connectivity index (χ1) is 6.47. The smallest absolute Gasteiger partial charge is 0.265 e. The molecule has 0 aromatic heterocycles. The Kier molecular flexibility index (Phi) is 3.14. The minimum atomic E-state index is -4.07. The average Bonchev–Trinajstić information content (AvgIpc) is 2.02. The highest BCUT2D eigenvalue weighted by molar-refractivity contribution is 7.89. The topological polar surface area (TPSA) is 55.4 Å². The normalized spacial score (nSPS) is 11.6. The monoisotopic (exact) mass is 223 g/mol. The summed E-state index contributed by atoms with van der Waals surface area (Å²) in [6.45, 7) is 0. The summed E-state index contributed by atoms with van der Waals surface area (Å²) in [5.41, 5.74) is 0. The lowest BCUT2D eigenvalue weighted by molar-refractivity contribution is 0.153. The van der Waals surface area contributed by atoms with E-state index in [2.05, 4.69) is 4.84 Å². The van der Waals surface area contributed by atoms with Gasteiger partial charge in [-0.05, 0) is 12.1 Å². The molecular formula is C7H7F2NO3S. The van der Waals surface area contributed by atoms with Crippen LogP contribution in [0, 0.1) is 11.6 Å². The molecule has 0 saturated carbocycles. The van der Waals surface area contributed by atoms with Crippen LogP contribution < -0.4 is 4.89 Å². The van der Waals surface area contributed by atoms with E-state index >= 15 is 0 Å². The van der Waals surface area contributed by atoms with Crippen molar-refractivity contribution in [3.63, 3.8) is 0 Å². The zero-order valence-electron chi connectivity index (χ0n) is 7.12. The molecule has 1 aromatic rings. The lowest BCUT2D eigenvalue weighted by Crippen LogP contribution is -2.23. The third-order valence-electron chi connectivity index (χ3n) is 1.38. The summed E-state index contributed by atoms with van der Waals surface area (Å²) >= 11 is 0. The first-order valence-electron chi connectivity index (χ1n) is 3.47. The van der Waals surface area contributed by atoms with Gasteiger partial charge in [-0.15, -0.1) is 0 Å². The minimum Gasteiger partial charge on any atom is -0.290 e. The van der Waals surface area contributed by atoms with E-state index < -0.39 is 26.6 Å². The number of rotatable bonds is 3. The lowest BCUT2D eigenvalue weighted by Gasteiger charge is -2.04. The van der Waals surface area contributed by atoms with Gasteiger partial charge in [-0.2, -0.15) is 0 Å². The molecule has 0 saturated heterocycles. The van der Waals surface area contributed by atoms with Gasteiger partial charge in [0.2, 0.25) is 0 Å².